The van der Waals surface area contributed by atoms with Crippen LogP contribution >= 0.6 is 23.2 Å². The SMILES string of the molecule is CNS(=O)(=O)c1ccc([O-])c(N=Nc2c(C)[nH]n(-c3ccc(Cl)cc3)c2=O)c1.CNS(=O)(=O)c1ccc([O-])c(N=Nc2c(C)[nH]n(-c3ccc(Cl)cc3)c2=O)c1.[Co+3].[Na+]. The largest absolute Gasteiger partial charge is 3.00 e. The van der Waals surface area contributed by atoms with E-state index in [2.05, 4.69) is 40.1 Å². The van der Waals surface area contributed by atoms with Crippen molar-refractivity contribution in [3.05, 3.63) is 127 Å². The van der Waals surface area contributed by atoms with Gasteiger partial charge in [0, 0.05) is 10.0 Å². The molecule has 0 aliphatic rings. The van der Waals surface area contributed by atoms with Crippen LogP contribution < -0.4 is 60.3 Å². The van der Waals surface area contributed by atoms with Crippen LogP contribution in [0.15, 0.2) is 125 Å². The molecule has 0 radical (unpaired) electrons. The van der Waals surface area contributed by atoms with Crippen LogP contribution in [0.4, 0.5) is 22.7 Å². The normalized spacial score (nSPS) is 11.6. The first kappa shape index (κ1) is 48.0. The van der Waals surface area contributed by atoms with Crippen LogP contribution in [0.25, 0.3) is 11.4 Å². The van der Waals surface area contributed by atoms with E-state index in [1.54, 1.807) is 62.4 Å². The fourth-order valence-electron chi connectivity index (χ4n) is 4.78. The van der Waals surface area contributed by atoms with E-state index in [4.69, 9.17) is 23.2 Å². The molecule has 0 amide bonds. The summed E-state index contributed by atoms with van der Waals surface area (Å²) in [6.45, 7) is 3.25. The van der Waals surface area contributed by atoms with Gasteiger partial charge in [0.25, 0.3) is 11.1 Å². The summed E-state index contributed by atoms with van der Waals surface area (Å²) in [7, 11) is -4.98. The number of rotatable bonds is 10. The molecule has 6 aromatic rings. The summed E-state index contributed by atoms with van der Waals surface area (Å²) < 4.78 is 54.3. The van der Waals surface area contributed by atoms with Gasteiger partial charge in [-0.15, -0.1) is 10.2 Å². The number of nitrogens with zero attached hydrogens (tertiary/aromatic N) is 6. The van der Waals surface area contributed by atoms with Crippen molar-refractivity contribution in [2.75, 3.05) is 14.1 Å². The smallest absolute Gasteiger partial charge is 0.871 e. The van der Waals surface area contributed by atoms with Gasteiger partial charge in [-0.25, -0.2) is 35.6 Å². The zero-order chi connectivity index (χ0) is 40.9. The van der Waals surface area contributed by atoms with Gasteiger partial charge in [-0.05, 0) is 101 Å². The van der Waals surface area contributed by atoms with Gasteiger partial charge in [0.05, 0.1) is 43.9 Å². The van der Waals surface area contributed by atoms with Gasteiger partial charge >= 0.3 is 46.3 Å². The minimum absolute atomic E-state index is 0. The van der Waals surface area contributed by atoms with E-state index >= 15 is 0 Å². The van der Waals surface area contributed by atoms with E-state index in [1.165, 1.54) is 35.6 Å². The number of nitrogens with one attached hydrogen (secondary N) is 4. The molecule has 0 spiro atoms. The Hall–Kier alpha value is -4.39. The van der Waals surface area contributed by atoms with Crippen LogP contribution in [-0.2, 0) is 36.8 Å². The van der Waals surface area contributed by atoms with Gasteiger partial charge in [0.1, 0.15) is 0 Å². The van der Waals surface area contributed by atoms with Crippen molar-refractivity contribution in [1.29, 1.82) is 0 Å². The summed E-state index contributed by atoms with van der Waals surface area (Å²) in [5, 5.41) is 46.0. The van der Waals surface area contributed by atoms with Gasteiger partial charge in [-0.2, -0.15) is 10.2 Å². The quantitative estimate of drug-likeness (QED) is 0.116. The van der Waals surface area contributed by atoms with E-state index < -0.39 is 42.7 Å². The number of H-pyrrole nitrogens is 2. The Labute approximate surface area is 373 Å². The molecule has 4 N–H and O–H groups in total. The molecule has 0 saturated heterocycles. The molecule has 0 bridgehead atoms. The molecule has 6 rings (SSSR count). The van der Waals surface area contributed by atoms with Crippen molar-refractivity contribution >= 4 is 66.0 Å². The number of hydrogen-bond donors (Lipinski definition) is 4. The second kappa shape index (κ2) is 20.0. The third kappa shape index (κ3) is 11.0. The zero-order valence-electron chi connectivity index (χ0n) is 30.9. The Morgan fingerprint density at radius 2 is 0.914 bits per heavy atom. The van der Waals surface area contributed by atoms with Crippen LogP contribution in [0.1, 0.15) is 11.4 Å². The summed E-state index contributed by atoms with van der Waals surface area (Å²) in [6, 6.07) is 19.9. The summed E-state index contributed by atoms with van der Waals surface area (Å²) in [5.41, 5.74) is 0.586. The molecule has 0 atom stereocenters. The maximum Gasteiger partial charge on any atom is 3.00 e. The molecule has 0 unspecified atom stereocenters. The van der Waals surface area contributed by atoms with Crippen molar-refractivity contribution < 1.29 is 73.4 Å². The predicted octanol–water partition coefficient (Wildman–Crippen LogP) is 2.05. The first-order valence-electron chi connectivity index (χ1n) is 15.9. The Bertz CT molecular complexity index is 2630. The topological polar surface area (TPSA) is 263 Å². The number of aromatic nitrogens is 4. The van der Waals surface area contributed by atoms with E-state index in [9.17, 15) is 36.6 Å². The molecule has 58 heavy (non-hydrogen) atoms. The average Bonchev–Trinajstić information content (AvgIpc) is 3.62. The number of hydrogen-bond acceptors (Lipinski definition) is 12. The van der Waals surface area contributed by atoms with Crippen molar-refractivity contribution in [1.82, 2.24) is 29.0 Å². The van der Waals surface area contributed by atoms with Crippen LogP contribution in [0, 0.1) is 13.8 Å². The van der Waals surface area contributed by atoms with Crippen molar-refractivity contribution in [2.45, 2.75) is 23.6 Å². The van der Waals surface area contributed by atoms with Crippen LogP contribution in [0.3, 0.4) is 0 Å². The Balaban J connectivity index is 0.000000300. The summed E-state index contributed by atoms with van der Waals surface area (Å²) in [5.74, 6) is -1.05. The fourth-order valence-corrected chi connectivity index (χ4v) is 6.53. The van der Waals surface area contributed by atoms with E-state index in [0.717, 1.165) is 24.3 Å². The maximum atomic E-state index is 12.6. The molecule has 4 aromatic carbocycles. The Kier molecular flexibility index (Phi) is 16.6. The van der Waals surface area contributed by atoms with Crippen molar-refractivity contribution in [3.8, 4) is 22.9 Å². The van der Waals surface area contributed by atoms with Crippen LogP contribution in [-0.4, -0.2) is 50.5 Å². The molecular weight excluding hydrogens is 893 g/mol. The Morgan fingerprint density at radius 1 is 0.586 bits per heavy atom. The van der Waals surface area contributed by atoms with E-state index in [0.29, 0.717) is 32.8 Å². The van der Waals surface area contributed by atoms with Gasteiger partial charge < -0.3 is 10.2 Å². The van der Waals surface area contributed by atoms with Gasteiger partial charge in [0.15, 0.2) is 11.4 Å². The molecule has 24 heteroatoms. The zero-order valence-corrected chi connectivity index (χ0v) is 37.1. The molecule has 0 fully saturated rings. The van der Waals surface area contributed by atoms with Crippen LogP contribution in [0.5, 0.6) is 11.5 Å². The molecule has 2 aromatic heterocycles. The molecule has 0 saturated carbocycles. The summed E-state index contributed by atoms with van der Waals surface area (Å²) in [6.07, 6.45) is 0. The Morgan fingerprint density at radius 3 is 1.22 bits per heavy atom. The number of azo groups is 2. The van der Waals surface area contributed by atoms with Gasteiger partial charge in [-0.3, -0.25) is 19.8 Å². The fraction of sp³-hybridized carbons (Fsp3) is 0.118. The summed E-state index contributed by atoms with van der Waals surface area (Å²) in [4.78, 5) is 25.0. The molecule has 298 valence electrons. The van der Waals surface area contributed by atoms with Gasteiger partial charge in [0.2, 0.25) is 20.0 Å². The minimum Gasteiger partial charge on any atom is -0.871 e. The molecule has 18 nitrogen and oxygen atoms in total. The monoisotopic (exact) mass is 922 g/mol. The first-order valence-corrected chi connectivity index (χ1v) is 19.7. The number of aryl methyl sites for hydroxylation is 2. The molecule has 0 aliphatic carbocycles. The predicted molar refractivity (Wildman–Crippen MR) is 205 cm³/mol. The first-order chi connectivity index (χ1) is 26.4. The second-order valence-electron chi connectivity index (χ2n) is 11.5. The second-order valence-corrected chi connectivity index (χ2v) is 16.1. The number of aromatic amines is 2. The van der Waals surface area contributed by atoms with E-state index in [-0.39, 0.29) is 78.9 Å². The van der Waals surface area contributed by atoms with Gasteiger partial charge in [-0.1, -0.05) is 46.8 Å². The molecule has 0 aliphatic heterocycles. The average molecular weight is 924 g/mol. The van der Waals surface area contributed by atoms with Crippen LogP contribution in [0.2, 0.25) is 10.0 Å². The third-order valence-electron chi connectivity index (χ3n) is 7.78. The maximum absolute atomic E-state index is 12.6. The molecule has 2 heterocycles. The minimum atomic E-state index is -3.75. The third-order valence-corrected chi connectivity index (χ3v) is 11.1. The standard InChI is InChI=1S/2C17H16ClN5O4S.Co.Na/c2*1-10-16(17(25)23(22-10)12-5-3-11(18)4-6-12)21-20-14-9-13(7-8-15(14)24)28(26,27)19-2;;/h2*3-9,19,22,24H,1-2H3;;/q;;+3;+1/p-2. The molecular formula is C34H30Cl2CoN10NaO8S2+2. The van der Waals surface area contributed by atoms with E-state index in [1.807, 2.05) is 0 Å². The van der Waals surface area contributed by atoms with Crippen molar-refractivity contribution in [3.63, 3.8) is 0 Å². The number of sulfonamides is 2. The number of halogens is 2. The summed E-state index contributed by atoms with van der Waals surface area (Å²) >= 11 is 11.7. The van der Waals surface area contributed by atoms with Crippen molar-refractivity contribution in [2.24, 2.45) is 20.5 Å². The number of benzene rings is 4.